The molecule has 1 aliphatic rings. The first-order valence-corrected chi connectivity index (χ1v) is 10.1. The first-order chi connectivity index (χ1) is 14.0. The average Bonchev–Trinajstić information content (AvgIpc) is 3.30. The van der Waals surface area contributed by atoms with Gasteiger partial charge in [-0.3, -0.25) is 4.90 Å². The Balaban J connectivity index is 1.79. The number of nitrogens with zero attached hydrogens (tertiary/aromatic N) is 4. The highest BCUT2D eigenvalue weighted by molar-refractivity contribution is 6.36. The fourth-order valence-corrected chi connectivity index (χ4v) is 4.15. The fraction of sp³-hybridized carbons (Fsp3) is 0.381. The van der Waals surface area contributed by atoms with Crippen molar-refractivity contribution < 1.29 is 4.74 Å². The molecule has 0 saturated carbocycles. The molecule has 2 unspecified atom stereocenters. The zero-order chi connectivity index (χ0) is 20.5. The van der Waals surface area contributed by atoms with Gasteiger partial charge in [0.2, 0.25) is 0 Å². The van der Waals surface area contributed by atoms with Gasteiger partial charge in [-0.1, -0.05) is 24.6 Å². The summed E-state index contributed by atoms with van der Waals surface area (Å²) in [5.41, 5.74) is 9.01. The Bertz CT molecular complexity index is 1090. The second kappa shape index (κ2) is 7.99. The molecule has 1 fully saturated rings. The molecular formula is C21H23ClN6O. The highest BCUT2D eigenvalue weighted by atomic mass is 35.5. The molecule has 3 N–H and O–H groups in total. The van der Waals surface area contributed by atoms with Crippen LogP contribution >= 0.6 is 11.6 Å². The van der Waals surface area contributed by atoms with Crippen molar-refractivity contribution in [1.29, 1.82) is 5.26 Å². The Morgan fingerprint density at radius 2 is 2.28 bits per heavy atom. The summed E-state index contributed by atoms with van der Waals surface area (Å²) in [5.74, 6) is 0.513. The number of nitriles is 1. The third-order valence-corrected chi connectivity index (χ3v) is 5.81. The smallest absolute Gasteiger partial charge is 0.324 e. The van der Waals surface area contributed by atoms with Gasteiger partial charge in [0.25, 0.3) is 0 Å². The zero-order valence-electron chi connectivity index (χ0n) is 16.4. The molecule has 0 aliphatic carbocycles. The molecule has 1 aliphatic heterocycles. The van der Waals surface area contributed by atoms with Crippen LogP contribution in [0.3, 0.4) is 0 Å². The predicted molar refractivity (Wildman–Crippen MR) is 112 cm³/mol. The summed E-state index contributed by atoms with van der Waals surface area (Å²) in [6, 6.07) is 9.44. The van der Waals surface area contributed by atoms with Gasteiger partial charge >= 0.3 is 6.01 Å². The van der Waals surface area contributed by atoms with Crippen LogP contribution in [0.4, 0.5) is 0 Å². The number of aromatic amines is 1. The Kier molecular flexibility index (Phi) is 5.41. The average molecular weight is 411 g/mol. The number of H-pyrrole nitrogens is 1. The van der Waals surface area contributed by atoms with Crippen LogP contribution in [0.25, 0.3) is 11.0 Å². The highest BCUT2D eigenvalue weighted by Crippen LogP contribution is 2.36. The number of hydrogen-bond acceptors (Lipinski definition) is 6. The van der Waals surface area contributed by atoms with Crippen LogP contribution in [0.5, 0.6) is 11.8 Å². The number of benzene rings is 1. The Hall–Kier alpha value is -2.66. The summed E-state index contributed by atoms with van der Waals surface area (Å²) in [7, 11) is 0. The first-order valence-electron chi connectivity index (χ1n) is 9.75. The molecule has 0 spiro atoms. The third kappa shape index (κ3) is 3.79. The van der Waals surface area contributed by atoms with E-state index in [0.717, 1.165) is 42.7 Å². The molecule has 2 aromatic heterocycles. The maximum atomic E-state index is 9.12. The van der Waals surface area contributed by atoms with Crippen molar-refractivity contribution in [2.75, 3.05) is 13.1 Å². The molecule has 0 bridgehead atoms. The number of aromatic nitrogens is 3. The van der Waals surface area contributed by atoms with Gasteiger partial charge in [0.1, 0.15) is 11.4 Å². The molecular weight excluding hydrogens is 388 g/mol. The van der Waals surface area contributed by atoms with Crippen LogP contribution in [0.15, 0.2) is 24.3 Å². The zero-order valence-corrected chi connectivity index (χ0v) is 17.2. The van der Waals surface area contributed by atoms with Crippen molar-refractivity contribution in [2.45, 2.75) is 38.8 Å². The summed E-state index contributed by atoms with van der Waals surface area (Å²) >= 11 is 6.66. The van der Waals surface area contributed by atoms with E-state index in [0.29, 0.717) is 22.0 Å². The van der Waals surface area contributed by atoms with E-state index >= 15 is 0 Å². The number of aryl methyl sites for hydroxylation is 1. The van der Waals surface area contributed by atoms with Gasteiger partial charge < -0.3 is 15.5 Å². The molecule has 1 aromatic carbocycles. The molecule has 0 amide bonds. The van der Waals surface area contributed by atoms with Gasteiger partial charge in [-0.25, -0.2) is 0 Å². The van der Waals surface area contributed by atoms with E-state index < -0.39 is 0 Å². The number of nitrogens with one attached hydrogen (secondary N) is 1. The number of likely N-dealkylation sites (tertiary alicyclic amines) is 1. The van der Waals surface area contributed by atoms with Gasteiger partial charge in [0.05, 0.1) is 33.8 Å². The van der Waals surface area contributed by atoms with Crippen LogP contribution in [0.1, 0.15) is 43.3 Å². The van der Waals surface area contributed by atoms with Crippen molar-refractivity contribution in [1.82, 2.24) is 19.9 Å². The van der Waals surface area contributed by atoms with Crippen molar-refractivity contribution in [3.05, 3.63) is 46.2 Å². The van der Waals surface area contributed by atoms with E-state index in [1.165, 1.54) is 0 Å². The minimum absolute atomic E-state index is 0.0137. The largest absolute Gasteiger partial charge is 0.424 e. The standard InChI is InChI=1S/C21H23ClN6O/c1-3-16-18(22)17-19(12(2)28-8-7-14(24)11-28)26-21(27-20(17)25-16)29-15-6-4-5-13(9-15)10-23/h4-6,9,12,14H,3,7-8,11,24H2,1-2H3,(H,25,26,27). The molecule has 2 atom stereocenters. The maximum Gasteiger partial charge on any atom is 0.324 e. The van der Waals surface area contributed by atoms with Gasteiger partial charge in [0.15, 0.2) is 0 Å². The second-order valence-electron chi connectivity index (χ2n) is 7.35. The van der Waals surface area contributed by atoms with Crippen LogP contribution in [-0.2, 0) is 6.42 Å². The highest BCUT2D eigenvalue weighted by Gasteiger charge is 2.29. The molecule has 29 heavy (non-hydrogen) atoms. The summed E-state index contributed by atoms with van der Waals surface area (Å²) in [6.07, 6.45) is 1.72. The van der Waals surface area contributed by atoms with Gasteiger partial charge in [0, 0.05) is 24.8 Å². The van der Waals surface area contributed by atoms with Gasteiger partial charge in [-0.05, 0) is 38.0 Å². The van der Waals surface area contributed by atoms with Gasteiger partial charge in [-0.15, -0.1) is 0 Å². The van der Waals surface area contributed by atoms with E-state index in [1.807, 2.05) is 6.92 Å². The monoisotopic (exact) mass is 410 g/mol. The lowest BCUT2D eigenvalue weighted by molar-refractivity contribution is 0.255. The molecule has 4 rings (SSSR count). The molecule has 150 valence electrons. The SMILES string of the molecule is CCc1[nH]c2nc(Oc3cccc(C#N)c3)nc(C(C)N3CCC(N)C3)c2c1Cl. The minimum atomic E-state index is 0.0137. The molecule has 1 saturated heterocycles. The minimum Gasteiger partial charge on any atom is -0.424 e. The van der Waals surface area contributed by atoms with E-state index in [-0.39, 0.29) is 18.1 Å². The molecule has 3 heterocycles. The number of rotatable bonds is 5. The van der Waals surface area contributed by atoms with Gasteiger partial charge in [-0.2, -0.15) is 15.2 Å². The lowest BCUT2D eigenvalue weighted by atomic mass is 10.1. The number of nitrogens with two attached hydrogens (primary N) is 1. The molecule has 3 aromatic rings. The topological polar surface area (TPSA) is 104 Å². The van der Waals surface area contributed by atoms with Crippen LogP contribution in [0.2, 0.25) is 5.02 Å². The molecule has 8 heteroatoms. The Morgan fingerprint density at radius 3 is 2.97 bits per heavy atom. The van der Waals surface area contributed by atoms with E-state index in [9.17, 15) is 0 Å². The summed E-state index contributed by atoms with van der Waals surface area (Å²) in [4.78, 5) is 14.9. The summed E-state index contributed by atoms with van der Waals surface area (Å²) < 4.78 is 5.91. The van der Waals surface area contributed by atoms with Crippen molar-refractivity contribution >= 4 is 22.6 Å². The van der Waals surface area contributed by atoms with Crippen molar-refractivity contribution in [3.63, 3.8) is 0 Å². The lowest BCUT2D eigenvalue weighted by Gasteiger charge is -2.24. The van der Waals surface area contributed by atoms with E-state index in [2.05, 4.69) is 27.9 Å². The van der Waals surface area contributed by atoms with E-state index in [1.54, 1.807) is 24.3 Å². The summed E-state index contributed by atoms with van der Waals surface area (Å²) in [6.45, 7) is 5.87. The quantitative estimate of drug-likeness (QED) is 0.660. The first kappa shape index (κ1) is 19.6. The van der Waals surface area contributed by atoms with Crippen LogP contribution in [-0.4, -0.2) is 39.0 Å². The summed E-state index contributed by atoms with van der Waals surface area (Å²) in [5, 5.41) is 10.6. The predicted octanol–water partition coefficient (Wildman–Crippen LogP) is 3.93. The lowest BCUT2D eigenvalue weighted by Crippen LogP contribution is -2.29. The molecule has 7 nitrogen and oxygen atoms in total. The maximum absolute atomic E-state index is 9.12. The third-order valence-electron chi connectivity index (χ3n) is 5.40. The van der Waals surface area contributed by atoms with Crippen LogP contribution < -0.4 is 10.5 Å². The second-order valence-corrected chi connectivity index (χ2v) is 7.73. The van der Waals surface area contributed by atoms with Crippen molar-refractivity contribution in [3.8, 4) is 17.8 Å². The fourth-order valence-electron chi connectivity index (χ4n) is 3.78. The van der Waals surface area contributed by atoms with E-state index in [4.69, 9.17) is 32.3 Å². The normalized spacial score (nSPS) is 18.1. The van der Waals surface area contributed by atoms with Crippen molar-refractivity contribution in [2.24, 2.45) is 5.73 Å². The number of halogens is 1. The number of hydrogen-bond donors (Lipinski definition) is 2. The Morgan fingerprint density at radius 1 is 1.45 bits per heavy atom. The van der Waals surface area contributed by atoms with Crippen LogP contribution in [0, 0.1) is 11.3 Å². The number of fused-ring (bicyclic) bond motifs is 1. The molecule has 0 radical (unpaired) electrons. The number of ether oxygens (including phenoxy) is 1. The Labute approximate surface area is 174 Å².